The first-order valence-electron chi connectivity index (χ1n) is 12.1. The van der Waals surface area contributed by atoms with Crippen LogP contribution >= 0.6 is 22.9 Å². The van der Waals surface area contributed by atoms with Crippen LogP contribution in [0.2, 0.25) is 5.02 Å². The van der Waals surface area contributed by atoms with E-state index in [-0.39, 0.29) is 18.3 Å². The van der Waals surface area contributed by atoms with E-state index in [0.717, 1.165) is 66.8 Å². The number of H-pyrrole nitrogens is 1. The van der Waals surface area contributed by atoms with E-state index in [1.807, 2.05) is 12.1 Å². The molecule has 0 radical (unpaired) electrons. The standard InChI is InChI=1S/C25H30ClN5O3S/c26-16-5-6-17-15(12-16)13-19(28-17)22(33)25(27)8-2-1-4-21(25)30-23(34)24-29-18-7-10-31(9-3-11-32)14-20(18)35-24/h5-6,12-13,21,28,32H,1-4,7-11,14,27H2,(H,30,34). The second-order valence-electron chi connectivity index (χ2n) is 9.55. The van der Waals surface area contributed by atoms with Gasteiger partial charge in [0.05, 0.1) is 17.4 Å². The molecule has 0 saturated heterocycles. The van der Waals surface area contributed by atoms with Crippen molar-refractivity contribution < 1.29 is 14.7 Å². The van der Waals surface area contributed by atoms with Gasteiger partial charge in [-0.15, -0.1) is 11.3 Å². The van der Waals surface area contributed by atoms with Gasteiger partial charge in [-0.25, -0.2) is 4.98 Å². The maximum absolute atomic E-state index is 13.6. The molecule has 1 saturated carbocycles. The molecule has 5 rings (SSSR count). The summed E-state index contributed by atoms with van der Waals surface area (Å²) in [6.45, 7) is 2.62. The Morgan fingerprint density at radius 2 is 2.20 bits per heavy atom. The van der Waals surface area contributed by atoms with Gasteiger partial charge in [-0.3, -0.25) is 14.5 Å². The van der Waals surface area contributed by atoms with Gasteiger partial charge >= 0.3 is 0 Å². The lowest BCUT2D eigenvalue weighted by atomic mass is 9.74. The predicted molar refractivity (Wildman–Crippen MR) is 137 cm³/mol. The molecule has 1 aliphatic carbocycles. The van der Waals surface area contributed by atoms with Crippen LogP contribution in [0.15, 0.2) is 24.3 Å². The Balaban J connectivity index is 1.33. The van der Waals surface area contributed by atoms with Crippen molar-refractivity contribution in [2.45, 2.75) is 56.7 Å². The van der Waals surface area contributed by atoms with Gasteiger partial charge in [-0.1, -0.05) is 24.4 Å². The molecule has 35 heavy (non-hydrogen) atoms. The predicted octanol–water partition coefficient (Wildman–Crippen LogP) is 3.27. The maximum atomic E-state index is 13.6. The number of hydrogen-bond donors (Lipinski definition) is 4. The van der Waals surface area contributed by atoms with Crippen LogP contribution in [0.1, 0.15) is 63.0 Å². The highest BCUT2D eigenvalue weighted by Gasteiger charge is 2.45. The SMILES string of the molecule is NC1(C(=O)c2cc3cc(Cl)ccc3[nH]2)CCCCC1NC(=O)c1nc2c(s1)CN(CCCO)CC2. The van der Waals surface area contributed by atoms with Crippen molar-refractivity contribution in [1.82, 2.24) is 20.2 Å². The number of aliphatic hydroxyl groups is 1. The van der Waals surface area contributed by atoms with Gasteiger partial charge in [0, 0.05) is 53.5 Å². The van der Waals surface area contributed by atoms with E-state index >= 15 is 0 Å². The number of thiazole rings is 1. The van der Waals surface area contributed by atoms with E-state index in [1.54, 1.807) is 12.1 Å². The van der Waals surface area contributed by atoms with Crippen LogP contribution < -0.4 is 11.1 Å². The minimum Gasteiger partial charge on any atom is -0.396 e. The first kappa shape index (κ1) is 24.4. The van der Waals surface area contributed by atoms with Crippen LogP contribution in [0, 0.1) is 0 Å². The average Bonchev–Trinajstić information content (AvgIpc) is 3.47. The van der Waals surface area contributed by atoms with Gasteiger partial charge in [0.1, 0.15) is 5.54 Å². The summed E-state index contributed by atoms with van der Waals surface area (Å²) in [6.07, 6.45) is 4.39. The summed E-state index contributed by atoms with van der Waals surface area (Å²) >= 11 is 7.51. The lowest BCUT2D eigenvalue weighted by Crippen LogP contribution is -2.64. The highest BCUT2D eigenvalue weighted by atomic mass is 35.5. The molecule has 2 aliphatic rings. The highest BCUT2D eigenvalue weighted by Crippen LogP contribution is 2.32. The molecule has 1 aromatic carbocycles. The quantitative estimate of drug-likeness (QED) is 0.358. The molecule has 8 nitrogen and oxygen atoms in total. The third kappa shape index (κ3) is 4.88. The number of rotatable bonds is 7. The van der Waals surface area contributed by atoms with Crippen molar-refractivity contribution in [3.63, 3.8) is 0 Å². The number of halogens is 1. The van der Waals surface area contributed by atoms with Crippen LogP contribution in [-0.2, 0) is 13.0 Å². The number of aromatic nitrogens is 2. The normalized spacial score (nSPS) is 22.8. The molecule has 1 amide bonds. The van der Waals surface area contributed by atoms with Crippen molar-refractivity contribution in [3.8, 4) is 0 Å². The topological polar surface area (TPSA) is 124 Å². The summed E-state index contributed by atoms with van der Waals surface area (Å²) in [7, 11) is 0. The number of carbonyl (C=O) groups is 2. The second kappa shape index (κ2) is 9.99. The van der Waals surface area contributed by atoms with E-state index in [4.69, 9.17) is 22.4 Å². The Bertz CT molecular complexity index is 1260. The number of nitrogens with zero attached hydrogens (tertiary/aromatic N) is 2. The summed E-state index contributed by atoms with van der Waals surface area (Å²) in [4.78, 5) is 38.0. The molecule has 2 unspecified atom stereocenters. The number of nitrogens with two attached hydrogens (primary N) is 1. The van der Waals surface area contributed by atoms with Gasteiger partial charge in [0.15, 0.2) is 5.01 Å². The fraction of sp³-hybridized carbons (Fsp3) is 0.480. The molecular formula is C25H30ClN5O3S. The minimum absolute atomic E-state index is 0.174. The van der Waals surface area contributed by atoms with Crippen molar-refractivity contribution >= 4 is 45.5 Å². The molecule has 1 aliphatic heterocycles. The molecule has 2 aromatic heterocycles. The van der Waals surface area contributed by atoms with E-state index in [9.17, 15) is 9.59 Å². The van der Waals surface area contributed by atoms with Crippen LogP contribution in [0.25, 0.3) is 10.9 Å². The van der Waals surface area contributed by atoms with E-state index in [0.29, 0.717) is 28.6 Å². The summed E-state index contributed by atoms with van der Waals surface area (Å²) in [6, 6.07) is 6.72. The van der Waals surface area contributed by atoms with Crippen molar-refractivity contribution in [2.75, 3.05) is 19.7 Å². The van der Waals surface area contributed by atoms with Gasteiger partial charge in [0.2, 0.25) is 5.78 Å². The Labute approximate surface area is 212 Å². The van der Waals surface area contributed by atoms with Crippen LogP contribution in [-0.4, -0.2) is 62.9 Å². The third-order valence-corrected chi connectivity index (χ3v) is 8.46. The Morgan fingerprint density at radius 1 is 1.34 bits per heavy atom. The van der Waals surface area contributed by atoms with E-state index in [1.165, 1.54) is 11.3 Å². The molecule has 3 heterocycles. The van der Waals surface area contributed by atoms with Gasteiger partial charge in [-0.05, 0) is 43.5 Å². The molecule has 0 bridgehead atoms. The number of hydrogen-bond acceptors (Lipinski definition) is 7. The van der Waals surface area contributed by atoms with Crippen LogP contribution in [0.3, 0.4) is 0 Å². The molecule has 2 atom stereocenters. The number of ketones is 1. The fourth-order valence-corrected chi connectivity index (χ4v) is 6.43. The molecule has 186 valence electrons. The molecule has 5 N–H and O–H groups in total. The van der Waals surface area contributed by atoms with Gasteiger partial charge in [0.25, 0.3) is 5.91 Å². The fourth-order valence-electron chi connectivity index (χ4n) is 5.20. The van der Waals surface area contributed by atoms with Gasteiger partial charge in [-0.2, -0.15) is 0 Å². The van der Waals surface area contributed by atoms with Crippen LogP contribution in [0.4, 0.5) is 0 Å². The monoisotopic (exact) mass is 515 g/mol. The maximum Gasteiger partial charge on any atom is 0.280 e. The minimum atomic E-state index is -1.20. The zero-order chi connectivity index (χ0) is 24.6. The van der Waals surface area contributed by atoms with Gasteiger partial charge < -0.3 is 21.1 Å². The number of carbonyl (C=O) groups excluding carboxylic acids is 2. The zero-order valence-corrected chi connectivity index (χ0v) is 21.1. The van der Waals surface area contributed by atoms with E-state index in [2.05, 4.69) is 20.2 Å². The van der Waals surface area contributed by atoms with Crippen molar-refractivity contribution in [3.05, 3.63) is 50.6 Å². The largest absolute Gasteiger partial charge is 0.396 e. The zero-order valence-electron chi connectivity index (χ0n) is 19.5. The lowest BCUT2D eigenvalue weighted by molar-refractivity contribution is 0.0755. The molecular weight excluding hydrogens is 486 g/mol. The summed E-state index contributed by atoms with van der Waals surface area (Å²) in [5, 5.41) is 14.0. The highest BCUT2D eigenvalue weighted by molar-refractivity contribution is 7.13. The van der Waals surface area contributed by atoms with Crippen molar-refractivity contribution in [1.29, 1.82) is 0 Å². The number of aromatic amines is 1. The number of fused-ring (bicyclic) bond motifs is 2. The summed E-state index contributed by atoms with van der Waals surface area (Å²) < 4.78 is 0. The summed E-state index contributed by atoms with van der Waals surface area (Å²) in [5.41, 5.74) is 7.78. The number of amides is 1. The lowest BCUT2D eigenvalue weighted by Gasteiger charge is -2.39. The first-order valence-corrected chi connectivity index (χ1v) is 13.3. The van der Waals surface area contributed by atoms with E-state index < -0.39 is 11.6 Å². The van der Waals surface area contributed by atoms with Crippen LogP contribution in [0.5, 0.6) is 0 Å². The average molecular weight is 516 g/mol. The molecule has 1 fully saturated rings. The van der Waals surface area contributed by atoms with Crippen molar-refractivity contribution in [2.24, 2.45) is 5.73 Å². The summed E-state index contributed by atoms with van der Waals surface area (Å²) in [5.74, 6) is -0.475. The Hall–Kier alpha value is -2.30. The Morgan fingerprint density at radius 3 is 3.03 bits per heavy atom. The number of Topliss-reactive ketones (excluding diaryl/α,β-unsaturated/α-hetero) is 1. The third-order valence-electron chi connectivity index (χ3n) is 7.15. The first-order chi connectivity index (χ1) is 16.9. The number of nitrogens with one attached hydrogen (secondary N) is 2. The molecule has 0 spiro atoms. The molecule has 10 heteroatoms. The Kier molecular flexibility index (Phi) is 6.96. The number of benzene rings is 1. The number of aliphatic hydroxyl groups excluding tert-OH is 1. The smallest absolute Gasteiger partial charge is 0.280 e. The second-order valence-corrected chi connectivity index (χ2v) is 11.1. The molecule has 3 aromatic rings.